The van der Waals surface area contributed by atoms with Crippen molar-refractivity contribution in [2.45, 2.75) is 0 Å². The molecule has 2 aromatic carbocycles. The molecule has 6 heteroatoms. The van der Waals surface area contributed by atoms with Crippen LogP contribution in [0.1, 0.15) is 5.56 Å². The molecular formula is C19H19NO5. The normalized spacial score (nSPS) is 12.7. The van der Waals surface area contributed by atoms with E-state index in [9.17, 15) is 4.79 Å². The Balaban J connectivity index is 1.76. The standard InChI is InChI=1S/C19H19NO5/c1-22-15-6-4-3-5-14(15)20-18(21)8-7-13-11-16(23-2)19-17(12-13)24-9-10-25-19/h3-8,11-12H,9-10H2,1-2H3,(H,20,21)/b8-7+. The molecule has 0 spiro atoms. The van der Waals surface area contributed by atoms with Crippen LogP contribution < -0.4 is 24.3 Å². The van der Waals surface area contributed by atoms with Crippen LogP contribution in [0.15, 0.2) is 42.5 Å². The first-order valence-electron chi connectivity index (χ1n) is 7.81. The summed E-state index contributed by atoms with van der Waals surface area (Å²) in [6.45, 7) is 0.970. The molecule has 0 fully saturated rings. The summed E-state index contributed by atoms with van der Waals surface area (Å²) in [7, 11) is 3.12. The van der Waals surface area contributed by atoms with E-state index in [-0.39, 0.29) is 5.91 Å². The maximum absolute atomic E-state index is 12.2. The van der Waals surface area contributed by atoms with E-state index in [4.69, 9.17) is 18.9 Å². The third-order valence-corrected chi connectivity index (χ3v) is 3.64. The van der Waals surface area contributed by atoms with E-state index in [1.165, 1.54) is 6.08 Å². The first-order chi connectivity index (χ1) is 12.2. The highest BCUT2D eigenvalue weighted by Gasteiger charge is 2.17. The zero-order valence-electron chi connectivity index (χ0n) is 14.1. The lowest BCUT2D eigenvalue weighted by Crippen LogP contribution is -2.16. The molecule has 0 unspecified atom stereocenters. The average Bonchev–Trinajstić information content (AvgIpc) is 2.66. The van der Waals surface area contributed by atoms with Crippen molar-refractivity contribution in [3.63, 3.8) is 0 Å². The van der Waals surface area contributed by atoms with Gasteiger partial charge in [0.1, 0.15) is 19.0 Å². The molecule has 0 aromatic heterocycles. The van der Waals surface area contributed by atoms with Crippen molar-refractivity contribution in [3.8, 4) is 23.0 Å². The van der Waals surface area contributed by atoms with Crippen molar-refractivity contribution in [3.05, 3.63) is 48.0 Å². The van der Waals surface area contributed by atoms with Gasteiger partial charge in [0.05, 0.1) is 19.9 Å². The number of hydrogen-bond acceptors (Lipinski definition) is 5. The number of carbonyl (C=O) groups is 1. The molecule has 1 amide bonds. The summed E-state index contributed by atoms with van der Waals surface area (Å²) in [5.74, 6) is 2.10. The Labute approximate surface area is 146 Å². The molecule has 1 N–H and O–H groups in total. The van der Waals surface area contributed by atoms with Gasteiger partial charge in [0.25, 0.3) is 0 Å². The van der Waals surface area contributed by atoms with E-state index in [0.29, 0.717) is 41.9 Å². The largest absolute Gasteiger partial charge is 0.495 e. The molecule has 1 aliphatic rings. The summed E-state index contributed by atoms with van der Waals surface area (Å²) in [5, 5.41) is 2.78. The zero-order chi connectivity index (χ0) is 17.6. The first-order valence-corrected chi connectivity index (χ1v) is 7.81. The number of benzene rings is 2. The Kier molecular flexibility index (Phi) is 5.09. The Morgan fingerprint density at radius 2 is 1.84 bits per heavy atom. The van der Waals surface area contributed by atoms with Crippen LogP contribution in [0.4, 0.5) is 5.69 Å². The second-order valence-electron chi connectivity index (χ2n) is 5.27. The van der Waals surface area contributed by atoms with Crippen molar-refractivity contribution in [1.29, 1.82) is 0 Å². The molecule has 0 aliphatic carbocycles. The van der Waals surface area contributed by atoms with Gasteiger partial charge in [-0.15, -0.1) is 0 Å². The summed E-state index contributed by atoms with van der Waals surface area (Å²) < 4.78 is 21.7. The lowest BCUT2D eigenvalue weighted by Gasteiger charge is -2.20. The SMILES string of the molecule is COc1ccccc1NC(=O)/C=C/c1cc(OC)c2c(c1)OCCO2. The molecule has 0 atom stereocenters. The molecule has 3 rings (SSSR count). The van der Waals surface area contributed by atoms with Crippen molar-refractivity contribution in [2.75, 3.05) is 32.8 Å². The highest BCUT2D eigenvalue weighted by atomic mass is 16.6. The van der Waals surface area contributed by atoms with Gasteiger partial charge in [-0.05, 0) is 35.9 Å². The maximum atomic E-state index is 12.2. The second kappa shape index (κ2) is 7.61. The minimum Gasteiger partial charge on any atom is -0.495 e. The number of methoxy groups -OCH3 is 2. The van der Waals surface area contributed by atoms with Gasteiger partial charge < -0.3 is 24.3 Å². The minimum absolute atomic E-state index is 0.265. The van der Waals surface area contributed by atoms with E-state index in [2.05, 4.69) is 5.32 Å². The average molecular weight is 341 g/mol. The summed E-state index contributed by atoms with van der Waals surface area (Å²) in [6, 6.07) is 10.8. The van der Waals surface area contributed by atoms with Crippen LogP contribution in [0, 0.1) is 0 Å². The van der Waals surface area contributed by atoms with Crippen molar-refractivity contribution < 1.29 is 23.7 Å². The van der Waals surface area contributed by atoms with E-state index in [1.54, 1.807) is 38.5 Å². The Bertz CT molecular complexity index is 783. The maximum Gasteiger partial charge on any atom is 0.248 e. The number of amides is 1. The fourth-order valence-electron chi connectivity index (χ4n) is 2.48. The van der Waals surface area contributed by atoms with Gasteiger partial charge in [0.2, 0.25) is 11.7 Å². The van der Waals surface area contributed by atoms with E-state index in [1.807, 2.05) is 18.2 Å². The second-order valence-corrected chi connectivity index (χ2v) is 5.27. The molecule has 0 radical (unpaired) electrons. The number of ether oxygens (including phenoxy) is 4. The van der Waals surface area contributed by atoms with Crippen molar-refractivity contribution in [2.24, 2.45) is 0 Å². The molecule has 1 heterocycles. The molecule has 6 nitrogen and oxygen atoms in total. The Morgan fingerprint density at radius 3 is 2.64 bits per heavy atom. The van der Waals surface area contributed by atoms with Gasteiger partial charge in [-0.3, -0.25) is 4.79 Å². The highest BCUT2D eigenvalue weighted by Crippen LogP contribution is 2.40. The highest BCUT2D eigenvalue weighted by molar-refractivity contribution is 6.02. The minimum atomic E-state index is -0.265. The lowest BCUT2D eigenvalue weighted by molar-refractivity contribution is -0.111. The van der Waals surface area contributed by atoms with Gasteiger partial charge in [0, 0.05) is 6.08 Å². The predicted octanol–water partition coefficient (Wildman–Crippen LogP) is 3.13. The topological polar surface area (TPSA) is 66.0 Å². The molecule has 2 aromatic rings. The molecule has 0 bridgehead atoms. The molecule has 0 saturated heterocycles. The van der Waals surface area contributed by atoms with Gasteiger partial charge in [-0.2, -0.15) is 0 Å². The predicted molar refractivity (Wildman–Crippen MR) is 94.6 cm³/mol. The number of nitrogens with one attached hydrogen (secondary N) is 1. The van der Waals surface area contributed by atoms with Crippen LogP contribution in [0.2, 0.25) is 0 Å². The fraction of sp³-hybridized carbons (Fsp3) is 0.211. The van der Waals surface area contributed by atoms with E-state index >= 15 is 0 Å². The summed E-state index contributed by atoms with van der Waals surface area (Å²) in [5.41, 5.74) is 1.38. The Morgan fingerprint density at radius 1 is 1.08 bits per heavy atom. The van der Waals surface area contributed by atoms with E-state index in [0.717, 1.165) is 5.56 Å². The summed E-state index contributed by atoms with van der Waals surface area (Å²) >= 11 is 0. The monoisotopic (exact) mass is 341 g/mol. The quantitative estimate of drug-likeness (QED) is 0.847. The lowest BCUT2D eigenvalue weighted by atomic mass is 10.1. The molecular weight excluding hydrogens is 322 g/mol. The third kappa shape index (κ3) is 3.85. The molecule has 0 saturated carbocycles. The van der Waals surface area contributed by atoms with Crippen LogP contribution in [0.3, 0.4) is 0 Å². The van der Waals surface area contributed by atoms with Crippen LogP contribution in [-0.2, 0) is 4.79 Å². The van der Waals surface area contributed by atoms with Gasteiger partial charge in [-0.25, -0.2) is 0 Å². The molecule has 1 aliphatic heterocycles. The fourth-order valence-corrected chi connectivity index (χ4v) is 2.48. The van der Waals surface area contributed by atoms with Crippen LogP contribution >= 0.6 is 0 Å². The number of rotatable bonds is 5. The van der Waals surface area contributed by atoms with Crippen LogP contribution in [-0.4, -0.2) is 33.3 Å². The Hall–Kier alpha value is -3.15. The molecule has 25 heavy (non-hydrogen) atoms. The summed E-state index contributed by atoms with van der Waals surface area (Å²) in [6.07, 6.45) is 3.13. The third-order valence-electron chi connectivity index (χ3n) is 3.64. The smallest absolute Gasteiger partial charge is 0.248 e. The number of hydrogen-bond donors (Lipinski definition) is 1. The number of anilines is 1. The van der Waals surface area contributed by atoms with Crippen molar-refractivity contribution in [1.82, 2.24) is 0 Å². The van der Waals surface area contributed by atoms with Gasteiger partial charge >= 0.3 is 0 Å². The number of carbonyl (C=O) groups excluding carboxylic acids is 1. The molecule has 130 valence electrons. The zero-order valence-corrected chi connectivity index (χ0v) is 14.1. The van der Waals surface area contributed by atoms with Gasteiger partial charge in [0.15, 0.2) is 11.5 Å². The van der Waals surface area contributed by atoms with Crippen LogP contribution in [0.25, 0.3) is 6.08 Å². The first kappa shape index (κ1) is 16.7. The van der Waals surface area contributed by atoms with E-state index < -0.39 is 0 Å². The summed E-state index contributed by atoms with van der Waals surface area (Å²) in [4.78, 5) is 12.2. The van der Waals surface area contributed by atoms with Crippen molar-refractivity contribution >= 4 is 17.7 Å². The number of fused-ring (bicyclic) bond motifs is 1. The van der Waals surface area contributed by atoms with Gasteiger partial charge in [-0.1, -0.05) is 12.1 Å². The number of para-hydroxylation sites is 2. The van der Waals surface area contributed by atoms with Crippen LogP contribution in [0.5, 0.6) is 23.0 Å².